The van der Waals surface area contributed by atoms with Crippen molar-refractivity contribution in [2.75, 3.05) is 7.11 Å². The summed E-state index contributed by atoms with van der Waals surface area (Å²) in [6.45, 7) is -3.14. The molecular weight excluding hydrogens is 336 g/mol. The molecule has 0 unspecified atom stereocenters. The van der Waals surface area contributed by atoms with Gasteiger partial charge in [-0.3, -0.25) is 9.59 Å². The third kappa shape index (κ3) is 5.41. The van der Waals surface area contributed by atoms with E-state index in [4.69, 9.17) is 4.74 Å². The van der Waals surface area contributed by atoms with Crippen LogP contribution in [0.3, 0.4) is 0 Å². The van der Waals surface area contributed by atoms with Crippen LogP contribution < -0.4 is 20.5 Å². The Hall–Kier alpha value is -3.23. The number of nitrogens with zero attached hydrogens (tertiary/aromatic N) is 2. The van der Waals surface area contributed by atoms with Crippen LogP contribution in [0.15, 0.2) is 52.5 Å². The molecule has 7 nitrogen and oxygen atoms in total. The molecule has 132 valence electrons. The molecule has 1 amide bonds. The zero-order valence-electron chi connectivity index (χ0n) is 13.2. The first-order chi connectivity index (χ1) is 12.0. The van der Waals surface area contributed by atoms with Crippen LogP contribution in [0, 0.1) is 0 Å². The van der Waals surface area contributed by atoms with Gasteiger partial charge in [0.1, 0.15) is 6.54 Å². The summed E-state index contributed by atoms with van der Waals surface area (Å²) in [5, 5.41) is 3.75. The second-order valence-electron chi connectivity index (χ2n) is 4.75. The minimum absolute atomic E-state index is 0.103. The van der Waals surface area contributed by atoms with Crippen LogP contribution in [-0.4, -0.2) is 30.4 Å². The van der Waals surface area contributed by atoms with E-state index in [9.17, 15) is 18.4 Å². The molecule has 1 aromatic carbocycles. The maximum atomic E-state index is 12.3. The van der Waals surface area contributed by atoms with Crippen molar-refractivity contribution < 1.29 is 23.0 Å². The van der Waals surface area contributed by atoms with Crippen molar-refractivity contribution in [3.8, 4) is 11.5 Å². The zero-order chi connectivity index (χ0) is 18.2. The first-order valence-electron chi connectivity index (χ1n) is 7.10. The van der Waals surface area contributed by atoms with Crippen LogP contribution in [0.4, 0.5) is 8.78 Å². The lowest BCUT2D eigenvalue weighted by Crippen LogP contribution is -2.28. The number of amides is 1. The molecule has 0 aliphatic heterocycles. The number of alkyl halides is 2. The van der Waals surface area contributed by atoms with Gasteiger partial charge in [0.2, 0.25) is 0 Å². The lowest BCUT2D eigenvalue weighted by atomic mass is 10.2. The summed E-state index contributed by atoms with van der Waals surface area (Å²) < 4.78 is 35.0. The van der Waals surface area contributed by atoms with Crippen molar-refractivity contribution in [1.82, 2.24) is 9.99 Å². The number of hydrogen-bond donors (Lipinski definition) is 1. The van der Waals surface area contributed by atoms with Gasteiger partial charge >= 0.3 is 6.61 Å². The zero-order valence-corrected chi connectivity index (χ0v) is 13.2. The molecule has 0 spiro atoms. The average Bonchev–Trinajstić information content (AvgIpc) is 2.57. The van der Waals surface area contributed by atoms with Crippen molar-refractivity contribution in [1.29, 1.82) is 0 Å². The first-order valence-corrected chi connectivity index (χ1v) is 7.10. The number of hydrazone groups is 1. The number of hydrogen-bond acceptors (Lipinski definition) is 5. The van der Waals surface area contributed by atoms with Gasteiger partial charge in [-0.25, -0.2) is 5.43 Å². The molecule has 1 aromatic heterocycles. The van der Waals surface area contributed by atoms with E-state index in [0.29, 0.717) is 5.56 Å². The van der Waals surface area contributed by atoms with Crippen molar-refractivity contribution in [3.05, 3.63) is 58.5 Å². The number of carbonyl (C=O) groups excluding carboxylic acids is 1. The molecule has 0 bridgehead atoms. The average molecular weight is 351 g/mol. The molecule has 0 aliphatic carbocycles. The van der Waals surface area contributed by atoms with Gasteiger partial charge < -0.3 is 14.0 Å². The van der Waals surface area contributed by atoms with Gasteiger partial charge in [0, 0.05) is 12.3 Å². The van der Waals surface area contributed by atoms with Gasteiger partial charge in [-0.1, -0.05) is 6.07 Å². The molecule has 2 aromatic rings. The van der Waals surface area contributed by atoms with Crippen molar-refractivity contribution in [3.63, 3.8) is 0 Å². The highest BCUT2D eigenvalue weighted by atomic mass is 19.3. The number of methoxy groups -OCH3 is 1. The van der Waals surface area contributed by atoms with Crippen LogP contribution in [-0.2, 0) is 11.3 Å². The topological polar surface area (TPSA) is 81.9 Å². The van der Waals surface area contributed by atoms with E-state index >= 15 is 0 Å². The van der Waals surface area contributed by atoms with Crippen LogP contribution in [0.2, 0.25) is 0 Å². The Morgan fingerprint density at radius 1 is 1.32 bits per heavy atom. The normalized spacial score (nSPS) is 10.9. The minimum atomic E-state index is -2.96. The Bertz CT molecular complexity index is 821. The molecule has 0 fully saturated rings. The standard InChI is InChI=1S/C16H15F2N3O4/c1-24-13-8-11(5-6-12(13)25-16(17)18)9-19-20-14(22)10-21-7-3-2-4-15(21)23/h2-9,16H,10H2,1H3,(H,20,22)/b19-9-. The summed E-state index contributed by atoms with van der Waals surface area (Å²) in [6, 6.07) is 8.74. The Balaban J connectivity index is 1.98. The van der Waals surface area contributed by atoms with E-state index in [0.717, 1.165) is 0 Å². The van der Waals surface area contributed by atoms with Crippen molar-refractivity contribution in [2.24, 2.45) is 5.10 Å². The molecule has 1 heterocycles. The largest absolute Gasteiger partial charge is 0.493 e. The van der Waals surface area contributed by atoms with Crippen LogP contribution in [0.5, 0.6) is 11.5 Å². The predicted molar refractivity (Wildman–Crippen MR) is 86.1 cm³/mol. The number of nitrogens with one attached hydrogen (secondary N) is 1. The van der Waals surface area contributed by atoms with Gasteiger partial charge in [-0.15, -0.1) is 0 Å². The SMILES string of the molecule is COc1cc(/C=N\NC(=O)Cn2ccccc2=O)ccc1OC(F)F. The summed E-state index contributed by atoms with van der Waals surface area (Å²) in [6.07, 6.45) is 2.79. The lowest BCUT2D eigenvalue weighted by molar-refractivity contribution is -0.121. The summed E-state index contributed by atoms with van der Waals surface area (Å²) in [5.74, 6) is -0.497. The highest BCUT2D eigenvalue weighted by Gasteiger charge is 2.10. The highest BCUT2D eigenvalue weighted by Crippen LogP contribution is 2.28. The molecular formula is C16H15F2N3O4. The molecule has 9 heteroatoms. The molecule has 0 atom stereocenters. The number of benzene rings is 1. The van der Waals surface area contributed by atoms with E-state index in [1.165, 1.54) is 48.4 Å². The van der Waals surface area contributed by atoms with Crippen LogP contribution in [0.25, 0.3) is 0 Å². The summed E-state index contributed by atoms with van der Waals surface area (Å²) in [5.41, 5.74) is 2.46. The molecule has 0 saturated heterocycles. The predicted octanol–water partition coefficient (Wildman–Crippen LogP) is 1.61. The van der Waals surface area contributed by atoms with E-state index in [1.54, 1.807) is 12.1 Å². The first kappa shape index (κ1) is 18.1. The smallest absolute Gasteiger partial charge is 0.387 e. The number of pyridine rings is 1. The number of carbonyl (C=O) groups is 1. The van der Waals surface area contributed by atoms with E-state index in [-0.39, 0.29) is 23.6 Å². The van der Waals surface area contributed by atoms with E-state index in [2.05, 4.69) is 15.3 Å². The van der Waals surface area contributed by atoms with Gasteiger partial charge in [0.05, 0.1) is 13.3 Å². The second kappa shape index (κ2) is 8.57. The second-order valence-corrected chi connectivity index (χ2v) is 4.75. The van der Waals surface area contributed by atoms with Gasteiger partial charge in [-0.2, -0.15) is 13.9 Å². The number of aromatic nitrogens is 1. The summed E-state index contributed by atoms with van der Waals surface area (Å²) in [4.78, 5) is 23.2. The summed E-state index contributed by atoms with van der Waals surface area (Å²) in [7, 11) is 1.31. The third-order valence-corrected chi connectivity index (χ3v) is 3.02. The van der Waals surface area contributed by atoms with Gasteiger partial charge in [0.25, 0.3) is 11.5 Å². The number of ether oxygens (including phenoxy) is 2. The lowest BCUT2D eigenvalue weighted by Gasteiger charge is -2.10. The Morgan fingerprint density at radius 2 is 2.12 bits per heavy atom. The fourth-order valence-corrected chi connectivity index (χ4v) is 1.92. The number of halogens is 2. The van der Waals surface area contributed by atoms with Crippen LogP contribution in [0.1, 0.15) is 5.56 Å². The third-order valence-electron chi connectivity index (χ3n) is 3.02. The van der Waals surface area contributed by atoms with Crippen molar-refractivity contribution >= 4 is 12.1 Å². The minimum Gasteiger partial charge on any atom is -0.493 e. The fourth-order valence-electron chi connectivity index (χ4n) is 1.92. The molecule has 0 saturated carbocycles. The van der Waals surface area contributed by atoms with Crippen molar-refractivity contribution in [2.45, 2.75) is 13.2 Å². The Labute approximate surface area is 141 Å². The molecule has 1 N–H and O–H groups in total. The fraction of sp³-hybridized carbons (Fsp3) is 0.188. The maximum Gasteiger partial charge on any atom is 0.387 e. The van der Waals surface area contributed by atoms with Crippen LogP contribution >= 0.6 is 0 Å². The molecule has 0 aliphatic rings. The maximum absolute atomic E-state index is 12.3. The Kier molecular flexibility index (Phi) is 6.21. The molecule has 25 heavy (non-hydrogen) atoms. The number of rotatable bonds is 7. The van der Waals surface area contributed by atoms with Gasteiger partial charge in [-0.05, 0) is 29.8 Å². The molecule has 2 rings (SSSR count). The van der Waals surface area contributed by atoms with E-state index in [1.807, 2.05) is 0 Å². The quantitative estimate of drug-likeness (QED) is 0.607. The summed E-state index contributed by atoms with van der Waals surface area (Å²) >= 11 is 0. The molecule has 0 radical (unpaired) electrons. The highest BCUT2D eigenvalue weighted by molar-refractivity contribution is 5.83. The van der Waals surface area contributed by atoms with E-state index < -0.39 is 12.5 Å². The Morgan fingerprint density at radius 3 is 2.80 bits per heavy atom. The van der Waals surface area contributed by atoms with Gasteiger partial charge in [0.15, 0.2) is 11.5 Å². The monoisotopic (exact) mass is 351 g/mol.